The van der Waals surface area contributed by atoms with E-state index in [0.717, 1.165) is 6.54 Å². The lowest BCUT2D eigenvalue weighted by Crippen LogP contribution is -2.26. The van der Waals surface area contributed by atoms with Gasteiger partial charge in [0.05, 0.1) is 0 Å². The van der Waals surface area contributed by atoms with Crippen molar-refractivity contribution in [3.05, 3.63) is 35.9 Å². The van der Waals surface area contributed by atoms with Crippen LogP contribution in [-0.4, -0.2) is 13.1 Å². The standard InChI is InChI=1S/C13H17N.ClH/c1-2-3-10-14-11-6-8-12-7-4-5-9-13(12)14;/h4-9H,2-3,10-11H2,1H3;1H. The Morgan fingerprint density at radius 1 is 1.27 bits per heavy atom. The molecule has 0 amide bonds. The Hall–Kier alpha value is -0.950. The van der Waals surface area contributed by atoms with Gasteiger partial charge in [0.2, 0.25) is 0 Å². The summed E-state index contributed by atoms with van der Waals surface area (Å²) in [5.74, 6) is 0. The summed E-state index contributed by atoms with van der Waals surface area (Å²) in [4.78, 5) is 2.46. The molecule has 82 valence electrons. The first-order valence-corrected chi connectivity index (χ1v) is 5.42. The number of nitrogens with zero attached hydrogens (tertiary/aromatic N) is 1. The molecule has 0 aliphatic carbocycles. The van der Waals surface area contributed by atoms with Crippen LogP contribution in [0.15, 0.2) is 30.3 Å². The number of fused-ring (bicyclic) bond motifs is 1. The predicted octanol–water partition coefficient (Wildman–Crippen LogP) is 3.74. The average molecular weight is 224 g/mol. The largest absolute Gasteiger partial charge is 0.367 e. The van der Waals surface area contributed by atoms with Gasteiger partial charge in [-0.15, -0.1) is 12.4 Å². The topological polar surface area (TPSA) is 3.24 Å². The van der Waals surface area contributed by atoms with Crippen molar-refractivity contribution in [2.45, 2.75) is 19.8 Å². The third-order valence-electron chi connectivity index (χ3n) is 2.68. The van der Waals surface area contributed by atoms with E-state index in [2.05, 4.69) is 48.2 Å². The van der Waals surface area contributed by atoms with Crippen LogP contribution in [0.2, 0.25) is 0 Å². The Balaban J connectivity index is 0.00000112. The van der Waals surface area contributed by atoms with Crippen molar-refractivity contribution >= 4 is 24.2 Å². The Bertz CT molecular complexity index is 333. The second-order valence-electron chi connectivity index (χ2n) is 3.76. The summed E-state index contributed by atoms with van der Waals surface area (Å²) in [7, 11) is 0. The SMILES string of the molecule is CCCCN1CC=Cc2ccccc21.Cl. The first kappa shape index (κ1) is 12.1. The molecule has 0 atom stereocenters. The van der Waals surface area contributed by atoms with E-state index in [9.17, 15) is 0 Å². The zero-order valence-corrected chi connectivity index (χ0v) is 9.96. The van der Waals surface area contributed by atoms with Gasteiger partial charge >= 0.3 is 0 Å². The number of para-hydroxylation sites is 1. The van der Waals surface area contributed by atoms with Crippen LogP contribution in [0.3, 0.4) is 0 Å². The number of rotatable bonds is 3. The molecular formula is C13H18ClN. The van der Waals surface area contributed by atoms with Crippen LogP contribution in [0.1, 0.15) is 25.3 Å². The van der Waals surface area contributed by atoms with Gasteiger partial charge in [-0.25, -0.2) is 0 Å². The van der Waals surface area contributed by atoms with Gasteiger partial charge in [-0.3, -0.25) is 0 Å². The monoisotopic (exact) mass is 223 g/mol. The molecule has 0 spiro atoms. The van der Waals surface area contributed by atoms with E-state index < -0.39 is 0 Å². The highest BCUT2D eigenvalue weighted by molar-refractivity contribution is 5.85. The second-order valence-corrected chi connectivity index (χ2v) is 3.76. The normalized spacial score (nSPS) is 13.3. The van der Waals surface area contributed by atoms with Gasteiger partial charge in [-0.05, 0) is 18.1 Å². The van der Waals surface area contributed by atoms with Gasteiger partial charge in [0, 0.05) is 18.8 Å². The van der Waals surface area contributed by atoms with Crippen molar-refractivity contribution in [1.29, 1.82) is 0 Å². The Labute approximate surface area is 98.2 Å². The molecule has 1 aromatic carbocycles. The fraction of sp³-hybridized carbons (Fsp3) is 0.385. The number of unbranched alkanes of at least 4 members (excludes halogenated alkanes) is 1. The third kappa shape index (κ3) is 2.75. The summed E-state index contributed by atoms with van der Waals surface area (Å²) >= 11 is 0. The molecule has 0 N–H and O–H groups in total. The maximum absolute atomic E-state index is 2.46. The summed E-state index contributed by atoms with van der Waals surface area (Å²) in [6.45, 7) is 4.49. The maximum Gasteiger partial charge on any atom is 0.0442 e. The van der Waals surface area contributed by atoms with Crippen LogP contribution in [0.4, 0.5) is 5.69 Å². The number of hydrogen-bond acceptors (Lipinski definition) is 1. The van der Waals surface area contributed by atoms with Crippen molar-refractivity contribution in [2.24, 2.45) is 0 Å². The fourth-order valence-corrected chi connectivity index (χ4v) is 1.88. The van der Waals surface area contributed by atoms with Crippen LogP contribution in [0, 0.1) is 0 Å². The van der Waals surface area contributed by atoms with Gasteiger partial charge in [0.25, 0.3) is 0 Å². The summed E-state index contributed by atoms with van der Waals surface area (Å²) < 4.78 is 0. The number of anilines is 1. The van der Waals surface area contributed by atoms with Crippen LogP contribution in [-0.2, 0) is 0 Å². The molecule has 2 heteroatoms. The molecule has 2 rings (SSSR count). The van der Waals surface area contributed by atoms with E-state index in [1.807, 2.05) is 0 Å². The smallest absolute Gasteiger partial charge is 0.0442 e. The highest BCUT2D eigenvalue weighted by atomic mass is 35.5. The van der Waals surface area contributed by atoms with E-state index >= 15 is 0 Å². The minimum atomic E-state index is 0. The van der Waals surface area contributed by atoms with E-state index in [-0.39, 0.29) is 12.4 Å². The molecule has 0 fully saturated rings. The second kappa shape index (κ2) is 5.82. The summed E-state index contributed by atoms with van der Waals surface area (Å²) in [6.07, 6.45) is 7.01. The zero-order chi connectivity index (χ0) is 9.80. The molecule has 1 aromatic rings. The van der Waals surface area contributed by atoms with Crippen molar-refractivity contribution in [3.8, 4) is 0 Å². The highest BCUT2D eigenvalue weighted by Gasteiger charge is 2.10. The van der Waals surface area contributed by atoms with E-state index in [4.69, 9.17) is 0 Å². The van der Waals surface area contributed by atoms with Gasteiger partial charge in [-0.2, -0.15) is 0 Å². The highest BCUT2D eigenvalue weighted by Crippen LogP contribution is 2.25. The molecule has 0 aromatic heterocycles. The Morgan fingerprint density at radius 2 is 2.07 bits per heavy atom. The first-order chi connectivity index (χ1) is 6.92. The number of hydrogen-bond donors (Lipinski definition) is 0. The predicted molar refractivity (Wildman–Crippen MR) is 69.8 cm³/mol. The van der Waals surface area contributed by atoms with Crippen LogP contribution in [0.5, 0.6) is 0 Å². The van der Waals surface area contributed by atoms with Gasteiger partial charge < -0.3 is 4.90 Å². The van der Waals surface area contributed by atoms with Crippen molar-refractivity contribution < 1.29 is 0 Å². The first-order valence-electron chi connectivity index (χ1n) is 5.42. The lowest BCUT2D eigenvalue weighted by molar-refractivity contribution is 0.744. The van der Waals surface area contributed by atoms with Gasteiger partial charge in [0.15, 0.2) is 0 Å². The molecule has 1 aliphatic rings. The van der Waals surface area contributed by atoms with Crippen molar-refractivity contribution in [3.63, 3.8) is 0 Å². The van der Waals surface area contributed by atoms with E-state index in [1.54, 1.807) is 0 Å². The summed E-state index contributed by atoms with van der Waals surface area (Å²) in [6, 6.07) is 8.63. The van der Waals surface area contributed by atoms with Crippen molar-refractivity contribution in [2.75, 3.05) is 18.0 Å². The molecule has 15 heavy (non-hydrogen) atoms. The van der Waals surface area contributed by atoms with Gasteiger partial charge in [0.1, 0.15) is 0 Å². The fourth-order valence-electron chi connectivity index (χ4n) is 1.88. The summed E-state index contributed by atoms with van der Waals surface area (Å²) in [5.41, 5.74) is 2.75. The molecule has 0 saturated heterocycles. The quantitative estimate of drug-likeness (QED) is 0.755. The van der Waals surface area contributed by atoms with Crippen LogP contribution >= 0.6 is 12.4 Å². The Kier molecular flexibility index (Phi) is 4.70. The molecule has 0 bridgehead atoms. The molecule has 0 unspecified atom stereocenters. The molecule has 0 saturated carbocycles. The minimum absolute atomic E-state index is 0. The lowest BCUT2D eigenvalue weighted by atomic mass is 10.1. The van der Waals surface area contributed by atoms with E-state index in [1.165, 1.54) is 30.6 Å². The number of benzene rings is 1. The van der Waals surface area contributed by atoms with E-state index in [0.29, 0.717) is 0 Å². The molecule has 1 nitrogen and oxygen atoms in total. The number of halogens is 1. The molecular weight excluding hydrogens is 206 g/mol. The summed E-state index contributed by atoms with van der Waals surface area (Å²) in [5, 5.41) is 0. The minimum Gasteiger partial charge on any atom is -0.367 e. The van der Waals surface area contributed by atoms with Crippen molar-refractivity contribution in [1.82, 2.24) is 0 Å². The lowest BCUT2D eigenvalue weighted by Gasteiger charge is -2.27. The zero-order valence-electron chi connectivity index (χ0n) is 9.15. The molecule has 1 heterocycles. The third-order valence-corrected chi connectivity index (χ3v) is 2.68. The van der Waals surface area contributed by atoms with Gasteiger partial charge in [-0.1, -0.05) is 43.7 Å². The Morgan fingerprint density at radius 3 is 2.87 bits per heavy atom. The molecule has 0 radical (unpaired) electrons. The average Bonchev–Trinajstić information content (AvgIpc) is 2.26. The van der Waals surface area contributed by atoms with Crippen LogP contribution < -0.4 is 4.90 Å². The van der Waals surface area contributed by atoms with Crippen LogP contribution in [0.25, 0.3) is 6.08 Å². The maximum atomic E-state index is 2.46. The molecule has 1 aliphatic heterocycles.